The van der Waals surface area contributed by atoms with Crippen LogP contribution >= 0.6 is 23.4 Å². The highest BCUT2D eigenvalue weighted by atomic mass is 35.5. The standard InChI is InChI=1S/C25H24ClN7S/c26-21-18(7-10-29-23(21)28)34-20-6-5-17-24(32-20)30-14-19(31-17)33-11-8-25(9-12-33)13-15-3-1-2-4-16(15)22(25)27/h1-7,10,14,22H,8-9,11-13,27H2,(H2,28,29)/t22-/m1/s1. The van der Waals surface area contributed by atoms with E-state index in [4.69, 9.17) is 28.1 Å². The first kappa shape index (κ1) is 21.6. The summed E-state index contributed by atoms with van der Waals surface area (Å²) >= 11 is 7.70. The minimum absolute atomic E-state index is 0.109. The van der Waals surface area contributed by atoms with Crippen LogP contribution in [-0.2, 0) is 6.42 Å². The summed E-state index contributed by atoms with van der Waals surface area (Å²) in [6.07, 6.45) is 6.62. The zero-order valence-corrected chi connectivity index (χ0v) is 20.1. The minimum atomic E-state index is 0.109. The van der Waals surface area contributed by atoms with Crippen molar-refractivity contribution in [2.45, 2.75) is 35.2 Å². The number of nitrogens with two attached hydrogens (primary N) is 2. The summed E-state index contributed by atoms with van der Waals surface area (Å²) in [6.45, 7) is 1.84. The minimum Gasteiger partial charge on any atom is -0.382 e. The van der Waals surface area contributed by atoms with Gasteiger partial charge in [0.15, 0.2) is 5.65 Å². The molecule has 0 saturated carbocycles. The summed E-state index contributed by atoms with van der Waals surface area (Å²) in [5, 5.41) is 1.21. The van der Waals surface area contributed by atoms with E-state index >= 15 is 0 Å². The Bertz CT molecular complexity index is 1390. The molecule has 0 radical (unpaired) electrons. The molecule has 1 aliphatic heterocycles. The number of hydrogen-bond donors (Lipinski definition) is 2. The van der Waals surface area contributed by atoms with Gasteiger partial charge in [0.2, 0.25) is 0 Å². The summed E-state index contributed by atoms with van der Waals surface area (Å²) in [4.78, 5) is 21.2. The Morgan fingerprint density at radius 1 is 1.03 bits per heavy atom. The number of nitrogens with zero attached hydrogens (tertiary/aromatic N) is 5. The molecule has 7 nitrogen and oxygen atoms in total. The predicted molar refractivity (Wildman–Crippen MR) is 136 cm³/mol. The van der Waals surface area contributed by atoms with Crippen LogP contribution in [0.15, 0.2) is 64.8 Å². The van der Waals surface area contributed by atoms with Crippen LogP contribution in [0.2, 0.25) is 5.02 Å². The number of anilines is 2. The lowest BCUT2D eigenvalue weighted by atomic mass is 9.73. The second-order valence-electron chi connectivity index (χ2n) is 9.03. The Balaban J connectivity index is 1.18. The molecule has 1 spiro atoms. The number of pyridine rings is 2. The molecule has 172 valence electrons. The fourth-order valence-electron chi connectivity index (χ4n) is 5.21. The number of piperidine rings is 1. The first-order valence-corrected chi connectivity index (χ1v) is 12.5. The Morgan fingerprint density at radius 3 is 2.68 bits per heavy atom. The Kier molecular flexibility index (Phi) is 5.32. The average Bonchev–Trinajstić information content (AvgIpc) is 3.13. The number of hydrogen-bond acceptors (Lipinski definition) is 8. The number of benzene rings is 1. The van der Waals surface area contributed by atoms with Gasteiger partial charge < -0.3 is 16.4 Å². The van der Waals surface area contributed by atoms with E-state index in [1.54, 1.807) is 6.20 Å². The van der Waals surface area contributed by atoms with Gasteiger partial charge in [-0.1, -0.05) is 47.6 Å². The molecule has 0 amide bonds. The molecule has 1 saturated heterocycles. The molecule has 2 aliphatic rings. The van der Waals surface area contributed by atoms with Crippen molar-refractivity contribution in [2.24, 2.45) is 11.1 Å². The maximum atomic E-state index is 6.73. The van der Waals surface area contributed by atoms with E-state index in [9.17, 15) is 0 Å². The molecule has 1 aromatic carbocycles. The van der Waals surface area contributed by atoms with E-state index in [0.29, 0.717) is 16.5 Å². The van der Waals surface area contributed by atoms with E-state index in [2.05, 4.69) is 44.1 Å². The van der Waals surface area contributed by atoms with Crippen molar-refractivity contribution in [3.05, 3.63) is 71.0 Å². The van der Waals surface area contributed by atoms with Gasteiger partial charge in [0.05, 0.1) is 11.2 Å². The fraction of sp³-hybridized carbons (Fsp3) is 0.280. The lowest BCUT2D eigenvalue weighted by Crippen LogP contribution is -2.44. The van der Waals surface area contributed by atoms with Crippen molar-refractivity contribution in [3.63, 3.8) is 0 Å². The van der Waals surface area contributed by atoms with Gasteiger partial charge in [0.25, 0.3) is 0 Å². The topological polar surface area (TPSA) is 107 Å². The van der Waals surface area contributed by atoms with Crippen LogP contribution in [0, 0.1) is 5.41 Å². The summed E-state index contributed by atoms with van der Waals surface area (Å²) in [5.74, 6) is 1.20. The maximum absolute atomic E-state index is 6.73. The summed E-state index contributed by atoms with van der Waals surface area (Å²) in [7, 11) is 0. The van der Waals surface area contributed by atoms with Crippen LogP contribution in [0.4, 0.5) is 11.6 Å². The zero-order valence-electron chi connectivity index (χ0n) is 18.5. The first-order chi connectivity index (χ1) is 16.5. The number of fused-ring (bicyclic) bond motifs is 2. The van der Waals surface area contributed by atoms with Crippen LogP contribution in [0.3, 0.4) is 0 Å². The largest absolute Gasteiger partial charge is 0.382 e. The summed E-state index contributed by atoms with van der Waals surface area (Å²) in [6, 6.07) is 14.4. The molecule has 34 heavy (non-hydrogen) atoms. The van der Waals surface area contributed by atoms with E-state index < -0.39 is 0 Å². The van der Waals surface area contributed by atoms with E-state index in [1.165, 1.54) is 22.9 Å². The normalized spacial score (nSPS) is 19.0. The van der Waals surface area contributed by atoms with Crippen molar-refractivity contribution in [1.82, 2.24) is 19.9 Å². The monoisotopic (exact) mass is 489 g/mol. The molecule has 1 aliphatic carbocycles. The molecule has 3 aromatic heterocycles. The molecule has 4 aromatic rings. The number of nitrogen functional groups attached to an aromatic ring is 1. The molecule has 6 rings (SSSR count). The highest BCUT2D eigenvalue weighted by Crippen LogP contribution is 2.50. The predicted octanol–water partition coefficient (Wildman–Crippen LogP) is 4.65. The fourth-order valence-corrected chi connectivity index (χ4v) is 6.25. The van der Waals surface area contributed by atoms with Crippen molar-refractivity contribution in [2.75, 3.05) is 23.7 Å². The third kappa shape index (κ3) is 3.66. The SMILES string of the molecule is Nc1nccc(Sc2ccc3nc(N4CCC5(CC4)Cc4ccccc4[C@H]5N)cnc3n2)c1Cl. The lowest BCUT2D eigenvalue weighted by Gasteiger charge is -2.42. The van der Waals surface area contributed by atoms with Crippen molar-refractivity contribution < 1.29 is 0 Å². The third-order valence-corrected chi connectivity index (χ3v) is 8.64. The second kappa shape index (κ2) is 8.37. The van der Waals surface area contributed by atoms with E-state index in [-0.39, 0.29) is 11.5 Å². The van der Waals surface area contributed by atoms with Crippen molar-refractivity contribution in [3.8, 4) is 0 Å². The molecule has 1 atom stereocenters. The highest BCUT2D eigenvalue weighted by Gasteiger charge is 2.45. The molecule has 1 fully saturated rings. The van der Waals surface area contributed by atoms with Gasteiger partial charge in [-0.2, -0.15) is 0 Å². The smallest absolute Gasteiger partial charge is 0.179 e. The Labute approximate surface area is 207 Å². The van der Waals surface area contributed by atoms with E-state index in [1.807, 2.05) is 24.4 Å². The van der Waals surface area contributed by atoms with Crippen LogP contribution in [-0.4, -0.2) is 33.0 Å². The van der Waals surface area contributed by atoms with Gasteiger partial charge in [0.1, 0.15) is 22.2 Å². The Hall–Kier alpha value is -2.94. The quantitative estimate of drug-likeness (QED) is 0.428. The van der Waals surface area contributed by atoms with Gasteiger partial charge in [-0.05, 0) is 54.0 Å². The van der Waals surface area contributed by atoms with Crippen LogP contribution in [0.5, 0.6) is 0 Å². The van der Waals surface area contributed by atoms with Gasteiger partial charge in [-0.3, -0.25) is 0 Å². The zero-order chi connectivity index (χ0) is 23.3. The first-order valence-electron chi connectivity index (χ1n) is 11.3. The molecule has 4 N–H and O–H groups in total. The van der Waals surface area contributed by atoms with Gasteiger partial charge in [-0.15, -0.1) is 0 Å². The van der Waals surface area contributed by atoms with Crippen LogP contribution in [0.1, 0.15) is 30.0 Å². The summed E-state index contributed by atoms with van der Waals surface area (Å²) in [5.41, 5.74) is 16.8. The molecule has 0 unspecified atom stereocenters. The molecule has 0 bridgehead atoms. The third-order valence-electron chi connectivity index (χ3n) is 7.14. The maximum Gasteiger partial charge on any atom is 0.179 e. The number of rotatable bonds is 3. The second-order valence-corrected chi connectivity index (χ2v) is 10.5. The molecule has 4 heterocycles. The van der Waals surface area contributed by atoms with Crippen molar-refractivity contribution >= 4 is 46.2 Å². The van der Waals surface area contributed by atoms with Gasteiger partial charge in [0, 0.05) is 30.2 Å². The van der Waals surface area contributed by atoms with Gasteiger partial charge in [-0.25, -0.2) is 19.9 Å². The average molecular weight is 490 g/mol. The lowest BCUT2D eigenvalue weighted by molar-refractivity contribution is 0.187. The highest BCUT2D eigenvalue weighted by molar-refractivity contribution is 7.99. The number of aromatic nitrogens is 4. The molecule has 9 heteroatoms. The van der Waals surface area contributed by atoms with Crippen LogP contribution in [0.25, 0.3) is 11.2 Å². The Morgan fingerprint density at radius 2 is 1.85 bits per heavy atom. The number of halogens is 1. The molecular weight excluding hydrogens is 466 g/mol. The van der Waals surface area contributed by atoms with Crippen molar-refractivity contribution in [1.29, 1.82) is 0 Å². The van der Waals surface area contributed by atoms with Gasteiger partial charge >= 0.3 is 0 Å². The van der Waals surface area contributed by atoms with Crippen LogP contribution < -0.4 is 16.4 Å². The van der Waals surface area contributed by atoms with E-state index in [0.717, 1.165) is 53.6 Å². The molecular formula is C25H24ClN7S. The summed E-state index contributed by atoms with van der Waals surface area (Å²) < 4.78 is 0.